The zero-order valence-corrected chi connectivity index (χ0v) is 13.1. The van der Waals surface area contributed by atoms with E-state index in [0.29, 0.717) is 18.0 Å². The molecule has 0 heterocycles. The van der Waals surface area contributed by atoms with E-state index in [4.69, 9.17) is 9.57 Å². The number of benzene rings is 2. The third-order valence-electron chi connectivity index (χ3n) is 2.98. The molecule has 1 N–H and O–H groups in total. The van der Waals surface area contributed by atoms with Crippen LogP contribution in [0.2, 0.25) is 0 Å². The van der Waals surface area contributed by atoms with Gasteiger partial charge >= 0.3 is 6.09 Å². The minimum Gasteiger partial charge on any atom is -0.494 e. The minimum atomic E-state index is -0.650. The number of carbonyl (C=O) groups is 1. The van der Waals surface area contributed by atoms with E-state index in [1.807, 2.05) is 42.5 Å². The van der Waals surface area contributed by atoms with Crippen LogP contribution in [-0.4, -0.2) is 18.9 Å². The Balaban J connectivity index is 1.82. The van der Waals surface area contributed by atoms with E-state index in [2.05, 4.69) is 17.4 Å². The predicted molar refractivity (Wildman–Crippen MR) is 91.0 cm³/mol. The molecular weight excluding hydrogens is 292 g/mol. The third kappa shape index (κ3) is 6.22. The number of nitrogens with zero attached hydrogens (tertiary/aromatic N) is 1. The second-order valence-corrected chi connectivity index (χ2v) is 4.88. The lowest BCUT2D eigenvalue weighted by atomic mass is 10.2. The fourth-order valence-corrected chi connectivity index (χ4v) is 1.81. The van der Waals surface area contributed by atoms with E-state index in [0.717, 1.165) is 18.4 Å². The van der Waals surface area contributed by atoms with Gasteiger partial charge in [0.2, 0.25) is 0 Å². The van der Waals surface area contributed by atoms with Crippen molar-refractivity contribution < 1.29 is 14.4 Å². The maximum absolute atomic E-state index is 11.7. The molecule has 2 rings (SSSR count). The molecule has 0 aromatic heterocycles. The van der Waals surface area contributed by atoms with Gasteiger partial charge in [-0.15, -0.1) is 0 Å². The van der Waals surface area contributed by atoms with Gasteiger partial charge in [0.15, 0.2) is 0 Å². The highest BCUT2D eigenvalue weighted by atomic mass is 16.7. The number of unbranched alkanes of at least 4 members (excludes halogenated alkanes) is 1. The van der Waals surface area contributed by atoms with Gasteiger partial charge in [-0.2, -0.15) is 0 Å². The van der Waals surface area contributed by atoms with Gasteiger partial charge in [0.25, 0.3) is 0 Å². The Morgan fingerprint density at radius 3 is 2.78 bits per heavy atom. The zero-order chi connectivity index (χ0) is 16.3. The van der Waals surface area contributed by atoms with Crippen LogP contribution < -0.4 is 10.1 Å². The van der Waals surface area contributed by atoms with E-state index in [9.17, 15) is 4.79 Å². The Morgan fingerprint density at radius 1 is 1.17 bits per heavy atom. The van der Waals surface area contributed by atoms with Crippen LogP contribution in [0, 0.1) is 0 Å². The first-order valence-corrected chi connectivity index (χ1v) is 7.57. The van der Waals surface area contributed by atoms with Crippen LogP contribution in [0.4, 0.5) is 10.5 Å². The van der Waals surface area contributed by atoms with Crippen LogP contribution in [0.3, 0.4) is 0 Å². The number of ether oxygens (including phenoxy) is 1. The normalized spacial score (nSPS) is 10.5. The zero-order valence-electron chi connectivity index (χ0n) is 13.1. The molecule has 0 aliphatic rings. The highest BCUT2D eigenvalue weighted by Gasteiger charge is 2.03. The summed E-state index contributed by atoms with van der Waals surface area (Å²) in [7, 11) is 0. The van der Waals surface area contributed by atoms with Crippen molar-refractivity contribution in [1.82, 2.24) is 0 Å². The van der Waals surface area contributed by atoms with Gasteiger partial charge in [0.05, 0.1) is 12.8 Å². The van der Waals surface area contributed by atoms with Gasteiger partial charge in [0, 0.05) is 11.8 Å². The van der Waals surface area contributed by atoms with E-state index in [1.54, 1.807) is 12.1 Å². The van der Waals surface area contributed by atoms with Crippen LogP contribution >= 0.6 is 0 Å². The Labute approximate surface area is 135 Å². The van der Waals surface area contributed by atoms with Crippen molar-refractivity contribution in [3.63, 3.8) is 0 Å². The van der Waals surface area contributed by atoms with E-state index in [1.165, 1.54) is 6.21 Å². The highest BCUT2D eigenvalue weighted by molar-refractivity contribution is 5.86. The number of amides is 1. The number of rotatable bonds is 7. The molecule has 5 heteroatoms. The van der Waals surface area contributed by atoms with Crippen molar-refractivity contribution >= 4 is 18.0 Å². The quantitative estimate of drug-likeness (QED) is 0.356. The fourth-order valence-electron chi connectivity index (χ4n) is 1.81. The molecule has 0 spiro atoms. The number of carbonyl (C=O) groups excluding carboxylic acids is 1. The topological polar surface area (TPSA) is 59.9 Å². The second kappa shape index (κ2) is 9.25. The molecule has 0 aliphatic heterocycles. The summed E-state index contributed by atoms with van der Waals surface area (Å²) in [6.07, 6.45) is 2.89. The number of hydrogen-bond donors (Lipinski definition) is 1. The van der Waals surface area contributed by atoms with Crippen molar-refractivity contribution in [1.29, 1.82) is 0 Å². The maximum atomic E-state index is 11.7. The Bertz CT molecular complexity index is 642. The summed E-state index contributed by atoms with van der Waals surface area (Å²) < 4.78 is 5.59. The first-order chi connectivity index (χ1) is 11.3. The largest absolute Gasteiger partial charge is 0.494 e. The van der Waals surface area contributed by atoms with Gasteiger partial charge in [-0.1, -0.05) is 54.9 Å². The second-order valence-electron chi connectivity index (χ2n) is 4.88. The molecule has 23 heavy (non-hydrogen) atoms. The summed E-state index contributed by atoms with van der Waals surface area (Å²) in [5.74, 6) is 0.712. The molecular formula is C18H20N2O3. The van der Waals surface area contributed by atoms with Crippen LogP contribution in [0.15, 0.2) is 59.8 Å². The molecule has 1 amide bonds. The molecule has 0 unspecified atom stereocenters. The number of hydrogen-bond acceptors (Lipinski definition) is 4. The Morgan fingerprint density at radius 2 is 2.00 bits per heavy atom. The van der Waals surface area contributed by atoms with Crippen LogP contribution in [-0.2, 0) is 4.84 Å². The Hall–Kier alpha value is -2.82. The van der Waals surface area contributed by atoms with E-state index < -0.39 is 6.09 Å². The Kier molecular flexibility index (Phi) is 6.65. The summed E-state index contributed by atoms with van der Waals surface area (Å²) >= 11 is 0. The molecule has 0 bridgehead atoms. The molecule has 2 aromatic carbocycles. The van der Waals surface area contributed by atoms with Gasteiger partial charge < -0.3 is 4.74 Å². The van der Waals surface area contributed by atoms with Crippen molar-refractivity contribution in [2.24, 2.45) is 5.16 Å². The molecule has 0 radical (unpaired) electrons. The molecule has 0 atom stereocenters. The summed E-state index contributed by atoms with van der Waals surface area (Å²) in [5, 5.41) is 6.26. The van der Waals surface area contributed by atoms with Gasteiger partial charge in [0.1, 0.15) is 5.75 Å². The highest BCUT2D eigenvalue weighted by Crippen LogP contribution is 2.17. The predicted octanol–water partition coefficient (Wildman–Crippen LogP) is 4.45. The average molecular weight is 312 g/mol. The van der Waals surface area contributed by atoms with Crippen molar-refractivity contribution in [3.05, 3.63) is 60.2 Å². The summed E-state index contributed by atoms with van der Waals surface area (Å²) in [5.41, 5.74) is 1.45. The molecule has 5 nitrogen and oxygen atoms in total. The van der Waals surface area contributed by atoms with Gasteiger partial charge in [-0.3, -0.25) is 10.2 Å². The number of oxime groups is 1. The van der Waals surface area contributed by atoms with Crippen LogP contribution in [0.5, 0.6) is 5.75 Å². The molecule has 0 fully saturated rings. The first-order valence-electron chi connectivity index (χ1n) is 7.57. The summed E-state index contributed by atoms with van der Waals surface area (Å²) in [4.78, 5) is 16.5. The van der Waals surface area contributed by atoms with Gasteiger partial charge in [-0.05, 0) is 24.1 Å². The standard InChI is InChI=1S/C18H20N2O3/c1-2-3-12-22-17-11-7-10-16(13-17)20-18(21)23-19-14-15-8-5-4-6-9-15/h4-11,13-14H,2-3,12H2,1H3,(H,20,21). The number of anilines is 1. The van der Waals surface area contributed by atoms with Crippen molar-refractivity contribution in [2.75, 3.05) is 11.9 Å². The van der Waals surface area contributed by atoms with E-state index in [-0.39, 0.29) is 0 Å². The van der Waals surface area contributed by atoms with E-state index >= 15 is 0 Å². The lowest BCUT2D eigenvalue weighted by Gasteiger charge is -2.07. The van der Waals surface area contributed by atoms with Gasteiger partial charge in [-0.25, -0.2) is 4.79 Å². The smallest absolute Gasteiger partial charge is 0.437 e. The average Bonchev–Trinajstić information content (AvgIpc) is 2.56. The maximum Gasteiger partial charge on any atom is 0.437 e. The van der Waals surface area contributed by atoms with Crippen molar-refractivity contribution in [3.8, 4) is 5.75 Å². The summed E-state index contributed by atoms with van der Waals surface area (Å²) in [6, 6.07) is 16.6. The van der Waals surface area contributed by atoms with Crippen molar-refractivity contribution in [2.45, 2.75) is 19.8 Å². The molecule has 0 saturated heterocycles. The minimum absolute atomic E-state index is 0.596. The van der Waals surface area contributed by atoms with Crippen LogP contribution in [0.1, 0.15) is 25.3 Å². The fraction of sp³-hybridized carbons (Fsp3) is 0.222. The summed E-state index contributed by atoms with van der Waals surface area (Å²) in [6.45, 7) is 2.76. The third-order valence-corrected chi connectivity index (χ3v) is 2.98. The number of nitrogens with one attached hydrogen (secondary N) is 1. The molecule has 120 valence electrons. The van der Waals surface area contributed by atoms with Crippen LogP contribution in [0.25, 0.3) is 0 Å². The molecule has 0 saturated carbocycles. The molecule has 0 aliphatic carbocycles. The first kappa shape index (κ1) is 16.5. The SMILES string of the molecule is CCCCOc1cccc(NC(=O)ON=Cc2ccccc2)c1. The lowest BCUT2D eigenvalue weighted by molar-refractivity contribution is 0.167. The molecule has 2 aromatic rings. The monoisotopic (exact) mass is 312 g/mol. The lowest BCUT2D eigenvalue weighted by Crippen LogP contribution is -2.11.